The lowest BCUT2D eigenvalue weighted by molar-refractivity contribution is -0.137. The third kappa shape index (κ3) is 3.37. The molecule has 0 aromatic heterocycles. The van der Waals surface area contributed by atoms with Crippen molar-refractivity contribution < 1.29 is 23.9 Å². The van der Waals surface area contributed by atoms with Gasteiger partial charge in [-0.15, -0.1) is 0 Å². The number of ether oxygens (including phenoxy) is 2. The molecule has 1 aromatic rings. The minimum Gasteiger partial charge on any atom is -0.466 e. The number of fused-ring (bicyclic) bond motifs is 1. The van der Waals surface area contributed by atoms with E-state index in [1.54, 1.807) is 36.1 Å². The van der Waals surface area contributed by atoms with Gasteiger partial charge in [-0.25, -0.2) is 9.79 Å². The van der Waals surface area contributed by atoms with E-state index in [-0.39, 0.29) is 5.91 Å². The summed E-state index contributed by atoms with van der Waals surface area (Å²) in [6, 6.07) is 6.10. The Kier molecular flexibility index (Phi) is 5.13. The predicted octanol–water partition coefficient (Wildman–Crippen LogP) is 2.44. The highest BCUT2D eigenvalue weighted by atomic mass is 32.2. The van der Waals surface area contributed by atoms with Crippen LogP contribution in [-0.4, -0.2) is 40.8 Å². The summed E-state index contributed by atoms with van der Waals surface area (Å²) in [5.74, 6) is 0.0184. The van der Waals surface area contributed by atoms with Crippen molar-refractivity contribution >= 4 is 34.8 Å². The number of amides is 1. The molecule has 0 radical (unpaired) electrons. The second-order valence-electron chi connectivity index (χ2n) is 5.81. The van der Waals surface area contributed by atoms with Crippen LogP contribution in [0.15, 0.2) is 40.5 Å². The smallest absolute Gasteiger partial charge is 0.338 e. The van der Waals surface area contributed by atoms with Gasteiger partial charge in [0.25, 0.3) is 0 Å². The zero-order valence-corrected chi connectivity index (χ0v) is 15.5. The molecular formula is C18H18N2O5S. The molecule has 1 saturated heterocycles. The quantitative estimate of drug-likeness (QED) is 0.597. The van der Waals surface area contributed by atoms with Crippen LogP contribution < -0.4 is 4.74 Å². The fourth-order valence-corrected chi connectivity index (χ4v) is 3.97. The number of hydrogen-bond donors (Lipinski definition) is 0. The van der Waals surface area contributed by atoms with E-state index in [9.17, 15) is 14.4 Å². The van der Waals surface area contributed by atoms with Crippen LogP contribution in [0.3, 0.4) is 0 Å². The van der Waals surface area contributed by atoms with Crippen LogP contribution in [-0.2, 0) is 19.1 Å². The summed E-state index contributed by atoms with van der Waals surface area (Å²) < 4.78 is 9.97. The fourth-order valence-electron chi connectivity index (χ4n) is 2.97. The number of amidine groups is 1. The molecule has 136 valence electrons. The Bertz CT molecular complexity index is 828. The van der Waals surface area contributed by atoms with Crippen LogP contribution >= 0.6 is 11.8 Å². The van der Waals surface area contributed by atoms with Crippen molar-refractivity contribution in [3.63, 3.8) is 0 Å². The second kappa shape index (κ2) is 7.33. The van der Waals surface area contributed by atoms with Gasteiger partial charge >= 0.3 is 11.9 Å². The van der Waals surface area contributed by atoms with Crippen LogP contribution in [0.25, 0.3) is 0 Å². The molecule has 26 heavy (non-hydrogen) atoms. The number of rotatable bonds is 3. The summed E-state index contributed by atoms with van der Waals surface area (Å²) in [7, 11) is 1.30. The van der Waals surface area contributed by atoms with Crippen LogP contribution in [0, 0.1) is 0 Å². The maximum absolute atomic E-state index is 12.6. The van der Waals surface area contributed by atoms with Crippen LogP contribution in [0.5, 0.6) is 5.75 Å². The topological polar surface area (TPSA) is 85.3 Å². The summed E-state index contributed by atoms with van der Waals surface area (Å²) in [6.45, 7) is 3.05. The van der Waals surface area contributed by atoms with Gasteiger partial charge in [-0.1, -0.05) is 23.9 Å². The minimum absolute atomic E-state index is 0.0922. The highest BCUT2D eigenvalue weighted by molar-refractivity contribution is 8.14. The second-order valence-corrected chi connectivity index (χ2v) is 6.87. The molecule has 3 rings (SSSR count). The molecule has 1 amide bonds. The first kappa shape index (κ1) is 18.2. The van der Waals surface area contributed by atoms with E-state index in [4.69, 9.17) is 9.47 Å². The maximum Gasteiger partial charge on any atom is 0.338 e. The number of esters is 2. The van der Waals surface area contributed by atoms with Gasteiger partial charge in [0.2, 0.25) is 5.91 Å². The van der Waals surface area contributed by atoms with E-state index >= 15 is 0 Å². The van der Waals surface area contributed by atoms with Gasteiger partial charge in [-0.05, 0) is 24.6 Å². The number of aliphatic imine (C=N–C) groups is 1. The van der Waals surface area contributed by atoms with Gasteiger partial charge in [0.05, 0.1) is 24.4 Å². The molecule has 1 fully saturated rings. The highest BCUT2D eigenvalue weighted by Crippen LogP contribution is 2.40. The number of thioether (sulfide) groups is 1. The highest BCUT2D eigenvalue weighted by Gasteiger charge is 2.41. The van der Waals surface area contributed by atoms with Crippen molar-refractivity contribution in [2.24, 2.45) is 4.99 Å². The Morgan fingerprint density at radius 1 is 1.27 bits per heavy atom. The van der Waals surface area contributed by atoms with Crippen molar-refractivity contribution in [1.82, 2.24) is 4.90 Å². The summed E-state index contributed by atoms with van der Waals surface area (Å²) in [5.41, 5.74) is 1.57. The number of nitrogens with zero attached hydrogens (tertiary/aromatic N) is 2. The molecule has 1 unspecified atom stereocenters. The molecule has 2 aliphatic heterocycles. The standard InChI is InChI=1S/C18H18N2O5S/c1-10-15(17(23)24-3)16(20-14(22)8-9-26-18(20)19-10)12-4-6-13(7-5-12)25-11(2)21/h4-7,16H,8-9H2,1-3H3. The molecule has 0 bridgehead atoms. The molecule has 0 spiro atoms. The van der Waals surface area contributed by atoms with Gasteiger partial charge in [0.15, 0.2) is 5.17 Å². The van der Waals surface area contributed by atoms with Gasteiger partial charge < -0.3 is 9.47 Å². The molecule has 1 aromatic carbocycles. The van der Waals surface area contributed by atoms with Crippen molar-refractivity contribution in [3.05, 3.63) is 41.1 Å². The molecule has 0 saturated carbocycles. The van der Waals surface area contributed by atoms with E-state index in [2.05, 4.69) is 4.99 Å². The summed E-state index contributed by atoms with van der Waals surface area (Å²) >= 11 is 1.49. The molecule has 1 atom stereocenters. The predicted molar refractivity (Wildman–Crippen MR) is 96.6 cm³/mol. The molecule has 8 heteroatoms. The SMILES string of the molecule is COC(=O)C1=C(C)N=C2SCCC(=O)N2C1c1ccc(OC(C)=O)cc1. The first-order valence-electron chi connectivity index (χ1n) is 8.03. The van der Waals surface area contributed by atoms with Crippen LogP contribution in [0.1, 0.15) is 31.9 Å². The number of hydrogen-bond acceptors (Lipinski definition) is 7. The van der Waals surface area contributed by atoms with Crippen molar-refractivity contribution in [2.45, 2.75) is 26.3 Å². The largest absolute Gasteiger partial charge is 0.466 e. The van der Waals surface area contributed by atoms with E-state index in [1.165, 1.54) is 25.8 Å². The molecule has 2 aliphatic rings. The van der Waals surface area contributed by atoms with Crippen LogP contribution in [0.2, 0.25) is 0 Å². The van der Waals surface area contributed by atoms with E-state index in [1.807, 2.05) is 0 Å². The Morgan fingerprint density at radius 3 is 2.58 bits per heavy atom. The monoisotopic (exact) mass is 374 g/mol. The summed E-state index contributed by atoms with van der Waals surface area (Å²) in [5, 5.41) is 0.584. The summed E-state index contributed by atoms with van der Waals surface area (Å²) in [6.07, 6.45) is 0.374. The Morgan fingerprint density at radius 2 is 1.96 bits per heavy atom. The fraction of sp³-hybridized carbons (Fsp3) is 0.333. The Balaban J connectivity index is 2.07. The molecular weight excluding hydrogens is 356 g/mol. The lowest BCUT2D eigenvalue weighted by Gasteiger charge is -2.38. The molecule has 7 nitrogen and oxygen atoms in total. The van der Waals surface area contributed by atoms with E-state index < -0.39 is 18.0 Å². The number of carbonyl (C=O) groups is 3. The lowest BCUT2D eigenvalue weighted by Crippen LogP contribution is -2.45. The minimum atomic E-state index is -0.623. The van der Waals surface area contributed by atoms with Gasteiger partial charge in [-0.2, -0.15) is 0 Å². The zero-order valence-electron chi connectivity index (χ0n) is 14.6. The number of benzene rings is 1. The molecule has 2 heterocycles. The molecule has 0 aliphatic carbocycles. The maximum atomic E-state index is 12.6. The van der Waals surface area contributed by atoms with Crippen molar-refractivity contribution in [3.8, 4) is 5.75 Å². The number of allylic oxidation sites excluding steroid dienone is 1. The Labute approximate surface area is 155 Å². The number of carbonyl (C=O) groups excluding carboxylic acids is 3. The van der Waals surface area contributed by atoms with Crippen molar-refractivity contribution in [1.29, 1.82) is 0 Å². The van der Waals surface area contributed by atoms with Gasteiger partial charge in [-0.3, -0.25) is 14.5 Å². The first-order valence-corrected chi connectivity index (χ1v) is 9.02. The van der Waals surface area contributed by atoms with E-state index in [0.717, 1.165) is 0 Å². The van der Waals surface area contributed by atoms with Crippen molar-refractivity contribution in [2.75, 3.05) is 12.9 Å². The summed E-state index contributed by atoms with van der Waals surface area (Å²) in [4.78, 5) is 42.0. The average Bonchev–Trinajstić information content (AvgIpc) is 2.60. The van der Waals surface area contributed by atoms with Gasteiger partial charge in [0, 0.05) is 19.1 Å². The normalized spacial score (nSPS) is 19.7. The lowest BCUT2D eigenvalue weighted by atomic mass is 9.94. The third-order valence-corrected chi connectivity index (χ3v) is 5.02. The Hall–Kier alpha value is -2.61. The van der Waals surface area contributed by atoms with Crippen LogP contribution in [0.4, 0.5) is 0 Å². The van der Waals surface area contributed by atoms with E-state index in [0.29, 0.717) is 39.9 Å². The number of methoxy groups -OCH3 is 1. The first-order chi connectivity index (χ1) is 12.4. The van der Waals surface area contributed by atoms with Gasteiger partial charge in [0.1, 0.15) is 5.75 Å². The molecule has 0 N–H and O–H groups in total. The third-order valence-electron chi connectivity index (χ3n) is 4.07. The average molecular weight is 374 g/mol. The zero-order chi connectivity index (χ0) is 18.8.